The number of hydrogen-bond donors (Lipinski definition) is 1. The van der Waals surface area contributed by atoms with E-state index in [-0.39, 0.29) is 17.5 Å². The highest BCUT2D eigenvalue weighted by molar-refractivity contribution is 7.17. The van der Waals surface area contributed by atoms with Gasteiger partial charge in [-0.2, -0.15) is 0 Å². The molecule has 9 heteroatoms. The van der Waals surface area contributed by atoms with E-state index in [0.29, 0.717) is 32.8 Å². The monoisotopic (exact) mass is 446 g/mol. The second kappa shape index (κ2) is 8.20. The highest BCUT2D eigenvalue weighted by Gasteiger charge is 2.16. The van der Waals surface area contributed by atoms with E-state index in [9.17, 15) is 9.50 Å². The highest BCUT2D eigenvalue weighted by Crippen LogP contribution is 2.35. The maximum atomic E-state index is 14.0. The van der Waals surface area contributed by atoms with Gasteiger partial charge in [-0.3, -0.25) is 0 Å². The number of methoxy groups -OCH3 is 1. The van der Waals surface area contributed by atoms with E-state index in [2.05, 4.69) is 20.4 Å². The van der Waals surface area contributed by atoms with Crippen molar-refractivity contribution in [1.82, 2.24) is 20.4 Å². The van der Waals surface area contributed by atoms with E-state index in [1.807, 2.05) is 24.3 Å². The first-order valence-corrected chi connectivity index (χ1v) is 10.3. The molecular weight excluding hydrogens is 431 g/mol. The van der Waals surface area contributed by atoms with Crippen molar-refractivity contribution in [2.75, 3.05) is 7.11 Å². The van der Waals surface area contributed by atoms with Crippen molar-refractivity contribution in [1.29, 1.82) is 0 Å². The van der Waals surface area contributed by atoms with Crippen LogP contribution in [0.25, 0.3) is 44.1 Å². The van der Waals surface area contributed by atoms with Gasteiger partial charge in [0.2, 0.25) is 5.89 Å². The summed E-state index contributed by atoms with van der Waals surface area (Å²) in [5, 5.41) is 27.3. The van der Waals surface area contributed by atoms with Crippen LogP contribution in [0.3, 0.4) is 0 Å². The molecule has 0 atom stereocenters. The molecule has 2 aromatic heterocycles. The third kappa shape index (κ3) is 3.69. The molecule has 5 aromatic rings. The van der Waals surface area contributed by atoms with E-state index < -0.39 is 0 Å². The van der Waals surface area contributed by atoms with Crippen LogP contribution < -0.4 is 4.74 Å². The highest BCUT2D eigenvalue weighted by atomic mass is 32.1. The van der Waals surface area contributed by atoms with Crippen molar-refractivity contribution < 1.29 is 18.7 Å². The Hall–Kier alpha value is -4.11. The summed E-state index contributed by atoms with van der Waals surface area (Å²) in [6.07, 6.45) is 0. The largest absolute Gasteiger partial charge is 0.508 e. The number of phenolic OH excluding ortho intramolecular Hbond substituents is 1. The lowest BCUT2D eigenvalue weighted by molar-refractivity contribution is 0.407. The molecule has 0 fully saturated rings. The van der Waals surface area contributed by atoms with E-state index in [1.165, 1.54) is 36.6 Å². The molecule has 0 amide bonds. The summed E-state index contributed by atoms with van der Waals surface area (Å²) in [5.41, 5.74) is 2.57. The molecule has 0 radical (unpaired) electrons. The first kappa shape index (κ1) is 19.8. The van der Waals surface area contributed by atoms with Crippen LogP contribution >= 0.6 is 11.3 Å². The van der Waals surface area contributed by atoms with Gasteiger partial charge >= 0.3 is 0 Å². The fourth-order valence-corrected chi connectivity index (χ4v) is 4.02. The number of aromatic nitrogens is 4. The maximum absolute atomic E-state index is 14.0. The van der Waals surface area contributed by atoms with Gasteiger partial charge in [-0.1, -0.05) is 35.6 Å². The average molecular weight is 446 g/mol. The van der Waals surface area contributed by atoms with Crippen LogP contribution in [-0.2, 0) is 0 Å². The van der Waals surface area contributed by atoms with Gasteiger partial charge < -0.3 is 14.3 Å². The lowest BCUT2D eigenvalue weighted by atomic mass is 10.1. The Morgan fingerprint density at radius 1 is 0.812 bits per heavy atom. The Kier molecular flexibility index (Phi) is 5.08. The molecule has 0 unspecified atom stereocenters. The normalized spacial score (nSPS) is 10.9. The Morgan fingerprint density at radius 3 is 2.31 bits per heavy atom. The predicted molar refractivity (Wildman–Crippen MR) is 118 cm³/mol. The van der Waals surface area contributed by atoms with Gasteiger partial charge in [0, 0.05) is 22.8 Å². The van der Waals surface area contributed by atoms with Gasteiger partial charge in [0.15, 0.2) is 5.01 Å². The molecule has 0 saturated carbocycles. The first-order chi connectivity index (χ1) is 15.6. The fraction of sp³-hybridized carbons (Fsp3) is 0.0435. The quantitative estimate of drug-likeness (QED) is 0.384. The number of ether oxygens (including phenoxy) is 1. The van der Waals surface area contributed by atoms with E-state index >= 15 is 0 Å². The second-order valence-electron chi connectivity index (χ2n) is 6.77. The van der Waals surface area contributed by atoms with Crippen LogP contribution in [0.5, 0.6) is 11.5 Å². The molecule has 0 saturated heterocycles. The van der Waals surface area contributed by atoms with Gasteiger partial charge in [0.05, 0.1) is 12.7 Å². The second-order valence-corrected chi connectivity index (χ2v) is 7.74. The Labute approximate surface area is 185 Å². The molecule has 32 heavy (non-hydrogen) atoms. The number of rotatable bonds is 5. The minimum Gasteiger partial charge on any atom is -0.508 e. The number of phenols is 1. The predicted octanol–water partition coefficient (Wildman–Crippen LogP) is 5.44. The summed E-state index contributed by atoms with van der Waals surface area (Å²) in [7, 11) is 1.50. The van der Waals surface area contributed by atoms with Gasteiger partial charge in [-0.05, 0) is 36.4 Å². The van der Waals surface area contributed by atoms with Crippen molar-refractivity contribution in [2.24, 2.45) is 0 Å². The summed E-state index contributed by atoms with van der Waals surface area (Å²) in [6.45, 7) is 0. The summed E-state index contributed by atoms with van der Waals surface area (Å²) in [4.78, 5) is 0. The standard InChI is InChI=1S/C23H15FN4O3S/c1-30-19-12-15(29)10-11-17(19)21-26-25-20(31-21)13-6-8-14(9-7-13)22-27-28-23(32-22)16-4-2-3-5-18(16)24/h2-12,29H,1H3. The molecule has 1 N–H and O–H groups in total. The summed E-state index contributed by atoms with van der Waals surface area (Å²) in [6, 6.07) is 18.5. The van der Waals surface area contributed by atoms with Crippen molar-refractivity contribution in [3.8, 4) is 55.5 Å². The zero-order valence-corrected chi connectivity index (χ0v) is 17.5. The van der Waals surface area contributed by atoms with Gasteiger partial charge in [-0.25, -0.2) is 4.39 Å². The Morgan fingerprint density at radius 2 is 1.53 bits per heavy atom. The first-order valence-electron chi connectivity index (χ1n) is 9.52. The summed E-state index contributed by atoms with van der Waals surface area (Å²) in [5.74, 6) is 0.793. The molecule has 0 aliphatic heterocycles. The molecule has 0 bridgehead atoms. The zero-order chi connectivity index (χ0) is 22.1. The number of hydrogen-bond acceptors (Lipinski definition) is 8. The maximum Gasteiger partial charge on any atom is 0.251 e. The van der Waals surface area contributed by atoms with Crippen molar-refractivity contribution in [3.63, 3.8) is 0 Å². The van der Waals surface area contributed by atoms with Crippen LogP contribution in [0.2, 0.25) is 0 Å². The molecular formula is C23H15FN4O3S. The molecule has 2 heterocycles. The minimum atomic E-state index is -0.331. The van der Waals surface area contributed by atoms with E-state index in [0.717, 1.165) is 11.1 Å². The number of halogens is 1. The smallest absolute Gasteiger partial charge is 0.251 e. The van der Waals surface area contributed by atoms with Crippen LogP contribution in [-0.4, -0.2) is 32.6 Å². The third-order valence-corrected chi connectivity index (χ3v) is 5.75. The van der Waals surface area contributed by atoms with E-state index in [4.69, 9.17) is 9.15 Å². The van der Waals surface area contributed by atoms with Gasteiger partial charge in [0.1, 0.15) is 22.3 Å². The van der Waals surface area contributed by atoms with Crippen molar-refractivity contribution in [3.05, 3.63) is 72.5 Å². The molecule has 7 nitrogen and oxygen atoms in total. The summed E-state index contributed by atoms with van der Waals surface area (Å²) < 4.78 is 25.1. The Balaban J connectivity index is 1.40. The molecule has 158 valence electrons. The van der Waals surface area contributed by atoms with Crippen LogP contribution in [0, 0.1) is 5.82 Å². The number of benzene rings is 3. The number of aromatic hydroxyl groups is 1. The topological polar surface area (TPSA) is 94.2 Å². The Bertz CT molecular complexity index is 1400. The number of nitrogens with zero attached hydrogens (tertiary/aromatic N) is 4. The lowest BCUT2D eigenvalue weighted by Crippen LogP contribution is -1.87. The van der Waals surface area contributed by atoms with Crippen LogP contribution in [0.15, 0.2) is 71.1 Å². The molecule has 0 spiro atoms. The fourth-order valence-electron chi connectivity index (χ4n) is 3.14. The van der Waals surface area contributed by atoms with Crippen molar-refractivity contribution in [2.45, 2.75) is 0 Å². The average Bonchev–Trinajstić information content (AvgIpc) is 3.50. The molecule has 0 aliphatic rings. The molecule has 3 aromatic carbocycles. The molecule has 0 aliphatic carbocycles. The van der Waals surface area contributed by atoms with Crippen molar-refractivity contribution >= 4 is 11.3 Å². The molecule has 5 rings (SSSR count). The van der Waals surface area contributed by atoms with Crippen LogP contribution in [0.4, 0.5) is 4.39 Å². The lowest BCUT2D eigenvalue weighted by Gasteiger charge is -2.04. The third-order valence-electron chi connectivity index (χ3n) is 4.75. The van der Waals surface area contributed by atoms with Crippen LogP contribution in [0.1, 0.15) is 0 Å². The van der Waals surface area contributed by atoms with Gasteiger partial charge in [-0.15, -0.1) is 20.4 Å². The summed E-state index contributed by atoms with van der Waals surface area (Å²) >= 11 is 1.31. The van der Waals surface area contributed by atoms with Gasteiger partial charge in [0.25, 0.3) is 5.89 Å². The SMILES string of the molecule is COc1cc(O)ccc1-c1nnc(-c2ccc(-c3nnc(-c4ccccc4F)s3)cc2)o1. The zero-order valence-electron chi connectivity index (χ0n) is 16.7. The van der Waals surface area contributed by atoms with E-state index in [1.54, 1.807) is 24.3 Å². The minimum absolute atomic E-state index is 0.0794.